The minimum atomic E-state index is 0.630. The van der Waals surface area contributed by atoms with E-state index in [1.54, 1.807) is 0 Å². The second kappa shape index (κ2) is 14.1. The molecular weight excluding hydrogens is 683 g/mol. The summed E-state index contributed by atoms with van der Waals surface area (Å²) < 4.78 is 6.44. The molecule has 0 N–H and O–H groups in total. The smallest absolute Gasteiger partial charge is 0.165 e. The zero-order valence-electron chi connectivity index (χ0n) is 30.7. The van der Waals surface area contributed by atoms with Crippen LogP contribution in [0, 0.1) is 6.92 Å². The fourth-order valence-corrected chi connectivity index (χ4v) is 7.88. The molecule has 2 heterocycles. The average molecular weight is 718 g/mol. The van der Waals surface area contributed by atoms with Crippen molar-refractivity contribution in [2.75, 3.05) is 0 Å². The third-order valence-electron chi connectivity index (χ3n) is 10.5. The maximum atomic E-state index is 6.44. The Morgan fingerprint density at radius 3 is 1.41 bits per heavy atom. The molecule has 0 saturated heterocycles. The second-order valence-corrected chi connectivity index (χ2v) is 13.9. The van der Waals surface area contributed by atoms with Crippen LogP contribution in [0.4, 0.5) is 0 Å². The summed E-state index contributed by atoms with van der Waals surface area (Å²) in [6.07, 6.45) is 0. The summed E-state index contributed by atoms with van der Waals surface area (Å²) >= 11 is 0. The number of rotatable bonds is 5. The Balaban J connectivity index is 1.24. The van der Waals surface area contributed by atoms with Crippen molar-refractivity contribution in [3.63, 3.8) is 0 Å². The fourth-order valence-electron chi connectivity index (χ4n) is 7.88. The number of benzene rings is 8. The molecule has 4 heteroatoms. The van der Waals surface area contributed by atoms with Crippen molar-refractivity contribution in [2.24, 2.45) is 0 Å². The highest BCUT2D eigenvalue weighted by atomic mass is 16.3. The van der Waals surface area contributed by atoms with Crippen LogP contribution in [-0.4, -0.2) is 15.0 Å². The number of fused-ring (bicyclic) bond motifs is 5. The minimum Gasteiger partial charge on any atom is -0.461 e. The van der Waals surface area contributed by atoms with Crippen LogP contribution >= 0.6 is 0 Å². The molecule has 0 amide bonds. The highest BCUT2D eigenvalue weighted by Gasteiger charge is 2.22. The molecule has 0 bridgehead atoms. The van der Waals surface area contributed by atoms with Crippen LogP contribution < -0.4 is 0 Å². The van der Waals surface area contributed by atoms with Gasteiger partial charge < -0.3 is 4.42 Å². The van der Waals surface area contributed by atoms with Crippen LogP contribution in [0.5, 0.6) is 0 Å². The van der Waals surface area contributed by atoms with Gasteiger partial charge in [-0.05, 0) is 56.6 Å². The molecule has 56 heavy (non-hydrogen) atoms. The van der Waals surface area contributed by atoms with E-state index >= 15 is 0 Å². The third-order valence-corrected chi connectivity index (χ3v) is 10.5. The molecule has 0 radical (unpaired) electrons. The highest BCUT2D eigenvalue weighted by molar-refractivity contribution is 6.21. The van der Waals surface area contributed by atoms with E-state index in [0.29, 0.717) is 17.5 Å². The van der Waals surface area contributed by atoms with Gasteiger partial charge in [0.05, 0.1) is 0 Å². The number of hydrogen-bond donors (Lipinski definition) is 0. The third kappa shape index (κ3) is 5.94. The molecule has 0 fully saturated rings. The van der Waals surface area contributed by atoms with Gasteiger partial charge in [-0.25, -0.2) is 15.0 Å². The molecule has 0 aliphatic carbocycles. The Morgan fingerprint density at radius 2 is 0.786 bits per heavy atom. The summed E-state index contributed by atoms with van der Waals surface area (Å²) in [6, 6.07) is 67.5. The molecule has 0 saturated carbocycles. The zero-order chi connectivity index (χ0) is 37.4. The first-order chi connectivity index (χ1) is 27.7. The predicted molar refractivity (Wildman–Crippen MR) is 232 cm³/mol. The maximum Gasteiger partial charge on any atom is 0.165 e. The van der Waals surface area contributed by atoms with Crippen LogP contribution in [0.1, 0.15) is 5.76 Å². The SMILES string of the molecule is Cc1oc2ccccc2ccc(-c2ccc(-c3c(-c4nc(-c5ccccc5)nc(-c5ccccc5)n4)c4ccccc4c4ccccc34)cc2)c2ccccc12. The molecule has 2 aromatic heterocycles. The lowest BCUT2D eigenvalue weighted by Gasteiger charge is -2.18. The Labute approximate surface area is 324 Å². The van der Waals surface area contributed by atoms with E-state index in [0.717, 1.165) is 82.6 Å². The molecule has 0 aliphatic heterocycles. The number of hydrogen-bond acceptors (Lipinski definition) is 4. The van der Waals surface area contributed by atoms with Gasteiger partial charge in [-0.15, -0.1) is 0 Å². The summed E-state index contributed by atoms with van der Waals surface area (Å²) in [6.45, 7) is 2.04. The monoisotopic (exact) mass is 717 g/mol. The first-order valence-electron chi connectivity index (χ1n) is 18.9. The van der Waals surface area contributed by atoms with Crippen LogP contribution in [-0.2, 0) is 0 Å². The summed E-state index contributed by atoms with van der Waals surface area (Å²) in [5, 5.41) is 7.76. The van der Waals surface area contributed by atoms with Crippen molar-refractivity contribution in [3.05, 3.63) is 200 Å². The van der Waals surface area contributed by atoms with Crippen molar-refractivity contribution >= 4 is 43.3 Å². The molecule has 0 atom stereocenters. The fraction of sp³-hybridized carbons (Fsp3) is 0.0192. The zero-order valence-corrected chi connectivity index (χ0v) is 30.7. The first kappa shape index (κ1) is 33.2. The molecule has 0 unspecified atom stereocenters. The average Bonchev–Trinajstić information content (AvgIpc) is 3.33. The van der Waals surface area contributed by atoms with Crippen molar-refractivity contribution in [1.82, 2.24) is 15.0 Å². The lowest BCUT2D eigenvalue weighted by atomic mass is 9.87. The normalized spacial score (nSPS) is 11.3. The standard InChI is InChI=1S/C52H35N3O/c1-34-40-21-9-10-22-42(40)41(33-32-36-16-8-15-27-47(36)56-34)35-28-30-37(31-29-35)48-45-25-13-11-23-43(45)44-24-12-14-26-46(44)49(48)52-54-50(38-17-4-2-5-18-38)53-51(55-52)39-19-6-3-7-20-39/h2-33H,1H3. The quantitative estimate of drug-likeness (QED) is 0.166. The number of aryl methyl sites for hydroxylation is 1. The topological polar surface area (TPSA) is 51.8 Å². The Morgan fingerprint density at radius 1 is 0.321 bits per heavy atom. The van der Waals surface area contributed by atoms with E-state index in [1.807, 2.05) is 61.5 Å². The van der Waals surface area contributed by atoms with Gasteiger partial charge in [0.15, 0.2) is 17.5 Å². The largest absolute Gasteiger partial charge is 0.461 e. The minimum absolute atomic E-state index is 0.630. The Bertz CT molecular complexity index is 3080. The Kier molecular flexibility index (Phi) is 8.34. The van der Waals surface area contributed by atoms with Gasteiger partial charge in [-0.3, -0.25) is 0 Å². The highest BCUT2D eigenvalue weighted by Crippen LogP contribution is 2.44. The van der Waals surface area contributed by atoms with Gasteiger partial charge in [0.2, 0.25) is 0 Å². The molecule has 0 spiro atoms. The van der Waals surface area contributed by atoms with E-state index in [9.17, 15) is 0 Å². The van der Waals surface area contributed by atoms with Crippen molar-refractivity contribution < 1.29 is 4.42 Å². The van der Waals surface area contributed by atoms with Gasteiger partial charge in [-0.1, -0.05) is 188 Å². The Hall–Kier alpha value is -7.43. The van der Waals surface area contributed by atoms with Crippen LogP contribution in [0.2, 0.25) is 0 Å². The number of aromatic nitrogens is 3. The van der Waals surface area contributed by atoms with E-state index in [-0.39, 0.29) is 0 Å². The lowest BCUT2D eigenvalue weighted by Crippen LogP contribution is -2.02. The summed E-state index contributed by atoms with van der Waals surface area (Å²) in [4.78, 5) is 15.5. The summed E-state index contributed by atoms with van der Waals surface area (Å²) in [7, 11) is 0. The van der Waals surface area contributed by atoms with Crippen molar-refractivity contribution in [3.8, 4) is 56.4 Å². The van der Waals surface area contributed by atoms with E-state index in [1.165, 1.54) is 5.39 Å². The van der Waals surface area contributed by atoms with Crippen LogP contribution in [0.25, 0.3) is 99.7 Å². The van der Waals surface area contributed by atoms with Gasteiger partial charge in [0.25, 0.3) is 0 Å². The molecule has 10 aromatic rings. The van der Waals surface area contributed by atoms with E-state index in [4.69, 9.17) is 19.4 Å². The van der Waals surface area contributed by atoms with E-state index in [2.05, 4.69) is 140 Å². The van der Waals surface area contributed by atoms with Gasteiger partial charge >= 0.3 is 0 Å². The number of para-hydroxylation sites is 1. The molecule has 4 nitrogen and oxygen atoms in total. The lowest BCUT2D eigenvalue weighted by molar-refractivity contribution is 0.576. The summed E-state index contributed by atoms with van der Waals surface area (Å²) in [5.41, 5.74) is 8.07. The molecular formula is C52H35N3O. The molecule has 10 rings (SSSR count). The summed E-state index contributed by atoms with van der Waals surface area (Å²) in [5.74, 6) is 2.76. The molecule has 8 aromatic carbocycles. The predicted octanol–water partition coefficient (Wildman–Crippen LogP) is 13.8. The van der Waals surface area contributed by atoms with Gasteiger partial charge in [-0.2, -0.15) is 0 Å². The molecule has 0 aliphatic rings. The second-order valence-electron chi connectivity index (χ2n) is 13.9. The maximum absolute atomic E-state index is 6.44. The van der Waals surface area contributed by atoms with Gasteiger partial charge in [0, 0.05) is 33.0 Å². The van der Waals surface area contributed by atoms with Gasteiger partial charge in [0.1, 0.15) is 11.3 Å². The van der Waals surface area contributed by atoms with Crippen LogP contribution in [0.3, 0.4) is 0 Å². The van der Waals surface area contributed by atoms with Crippen LogP contribution in [0.15, 0.2) is 199 Å². The van der Waals surface area contributed by atoms with Crippen molar-refractivity contribution in [1.29, 1.82) is 0 Å². The molecule has 264 valence electrons. The van der Waals surface area contributed by atoms with E-state index < -0.39 is 0 Å². The first-order valence-corrected chi connectivity index (χ1v) is 18.9. The van der Waals surface area contributed by atoms with Crippen molar-refractivity contribution in [2.45, 2.75) is 6.92 Å². The number of nitrogens with zero attached hydrogens (tertiary/aromatic N) is 3.